The molecule has 8 nitrogen and oxygen atoms in total. The van der Waals surface area contributed by atoms with Gasteiger partial charge in [0.15, 0.2) is 0 Å². The lowest BCUT2D eigenvalue weighted by Crippen LogP contribution is -2.39. The molecule has 2 aliphatic heterocycles. The Labute approximate surface area is 126 Å². The first-order valence-corrected chi connectivity index (χ1v) is 6.87. The normalized spacial score (nSPS) is 20.5. The van der Waals surface area contributed by atoms with E-state index in [1.165, 1.54) is 12.1 Å². The van der Waals surface area contributed by atoms with Crippen molar-refractivity contribution in [1.82, 2.24) is 15.5 Å². The van der Waals surface area contributed by atoms with Gasteiger partial charge >= 0.3 is 6.03 Å². The third kappa shape index (κ3) is 2.80. The van der Waals surface area contributed by atoms with Crippen LogP contribution >= 0.6 is 0 Å². The number of rotatable bonds is 2. The zero-order chi connectivity index (χ0) is 15.7. The van der Waals surface area contributed by atoms with Crippen LogP contribution in [0.15, 0.2) is 18.2 Å². The SMILES string of the molecule is O=C1NC(=O)[C@H](CC(=O)N2CCOc3cc(O)ccc3C2)N1. The number of amides is 4. The summed E-state index contributed by atoms with van der Waals surface area (Å²) < 4.78 is 5.51. The van der Waals surface area contributed by atoms with Gasteiger partial charge in [-0.05, 0) is 12.1 Å². The van der Waals surface area contributed by atoms with Gasteiger partial charge in [-0.3, -0.25) is 14.9 Å². The van der Waals surface area contributed by atoms with E-state index in [9.17, 15) is 19.5 Å². The van der Waals surface area contributed by atoms with Crippen LogP contribution in [0, 0.1) is 0 Å². The summed E-state index contributed by atoms with van der Waals surface area (Å²) in [5, 5.41) is 14.0. The lowest BCUT2D eigenvalue weighted by molar-refractivity contribution is -0.134. The van der Waals surface area contributed by atoms with Gasteiger partial charge in [-0.1, -0.05) is 0 Å². The van der Waals surface area contributed by atoms with Crippen LogP contribution in [0.4, 0.5) is 4.79 Å². The molecule has 1 aromatic carbocycles. The largest absolute Gasteiger partial charge is 0.508 e. The molecule has 0 radical (unpaired) electrons. The zero-order valence-electron chi connectivity index (χ0n) is 11.7. The summed E-state index contributed by atoms with van der Waals surface area (Å²) in [6, 6.07) is 3.32. The molecule has 0 aromatic heterocycles. The molecule has 0 aliphatic carbocycles. The number of ether oxygens (including phenoxy) is 1. The molecule has 116 valence electrons. The van der Waals surface area contributed by atoms with Crippen molar-refractivity contribution in [2.24, 2.45) is 0 Å². The maximum Gasteiger partial charge on any atom is 0.322 e. The van der Waals surface area contributed by atoms with Crippen molar-refractivity contribution in [3.63, 3.8) is 0 Å². The van der Waals surface area contributed by atoms with Crippen LogP contribution in [-0.4, -0.2) is 47.0 Å². The predicted molar refractivity (Wildman–Crippen MR) is 74.1 cm³/mol. The second kappa shape index (κ2) is 5.55. The molecule has 0 spiro atoms. The van der Waals surface area contributed by atoms with Crippen LogP contribution in [0.5, 0.6) is 11.5 Å². The molecule has 2 heterocycles. The van der Waals surface area contributed by atoms with E-state index in [-0.39, 0.29) is 18.1 Å². The lowest BCUT2D eigenvalue weighted by Gasteiger charge is -2.21. The number of phenols is 1. The average Bonchev–Trinajstić information content (AvgIpc) is 2.68. The number of hydrogen-bond acceptors (Lipinski definition) is 5. The van der Waals surface area contributed by atoms with Gasteiger partial charge in [0.25, 0.3) is 5.91 Å². The summed E-state index contributed by atoms with van der Waals surface area (Å²) in [6.45, 7) is 0.999. The molecule has 3 rings (SSSR count). The molecule has 1 fully saturated rings. The van der Waals surface area contributed by atoms with Gasteiger partial charge in [-0.2, -0.15) is 0 Å². The Hall–Kier alpha value is -2.77. The van der Waals surface area contributed by atoms with Crippen molar-refractivity contribution in [2.45, 2.75) is 19.0 Å². The summed E-state index contributed by atoms with van der Waals surface area (Å²) in [6.07, 6.45) is -0.0923. The van der Waals surface area contributed by atoms with Crippen LogP contribution in [0.2, 0.25) is 0 Å². The molecule has 0 unspecified atom stereocenters. The molecule has 3 N–H and O–H groups in total. The first-order valence-electron chi connectivity index (χ1n) is 6.87. The van der Waals surface area contributed by atoms with Crippen molar-refractivity contribution in [3.05, 3.63) is 23.8 Å². The van der Waals surface area contributed by atoms with Gasteiger partial charge in [-0.25, -0.2) is 4.79 Å². The maximum atomic E-state index is 12.3. The Balaban J connectivity index is 1.69. The van der Waals surface area contributed by atoms with Crippen LogP contribution in [0.25, 0.3) is 0 Å². The highest BCUT2D eigenvalue weighted by Crippen LogP contribution is 2.27. The second-order valence-corrected chi connectivity index (χ2v) is 5.18. The van der Waals surface area contributed by atoms with E-state index in [2.05, 4.69) is 10.6 Å². The smallest absolute Gasteiger partial charge is 0.322 e. The molecule has 1 atom stereocenters. The standard InChI is InChI=1S/C14H15N3O5/c18-9-2-1-8-7-17(3-4-22-11(8)5-9)12(19)6-10-13(20)16-14(21)15-10/h1-2,5,10,18H,3-4,6-7H2,(H2,15,16,20,21)/t10-/m0/s1. The quantitative estimate of drug-likeness (QED) is 0.651. The van der Waals surface area contributed by atoms with E-state index in [0.29, 0.717) is 25.4 Å². The summed E-state index contributed by atoms with van der Waals surface area (Å²) in [5.74, 6) is -0.0901. The Bertz CT molecular complexity index is 645. The van der Waals surface area contributed by atoms with Crippen molar-refractivity contribution in [2.75, 3.05) is 13.2 Å². The van der Waals surface area contributed by atoms with Crippen LogP contribution < -0.4 is 15.4 Å². The Kier molecular flexibility index (Phi) is 3.58. The number of nitrogens with zero attached hydrogens (tertiary/aromatic N) is 1. The third-order valence-electron chi connectivity index (χ3n) is 3.62. The van der Waals surface area contributed by atoms with E-state index in [4.69, 9.17) is 4.74 Å². The van der Waals surface area contributed by atoms with E-state index in [1.807, 2.05) is 0 Å². The van der Waals surface area contributed by atoms with E-state index >= 15 is 0 Å². The van der Waals surface area contributed by atoms with E-state index < -0.39 is 18.0 Å². The Morgan fingerprint density at radius 3 is 2.95 bits per heavy atom. The van der Waals surface area contributed by atoms with Gasteiger partial charge in [0, 0.05) is 18.2 Å². The van der Waals surface area contributed by atoms with Crippen molar-refractivity contribution in [3.8, 4) is 11.5 Å². The number of hydrogen-bond donors (Lipinski definition) is 3. The molecule has 1 saturated heterocycles. The average molecular weight is 305 g/mol. The molecule has 2 aliphatic rings. The zero-order valence-corrected chi connectivity index (χ0v) is 11.7. The summed E-state index contributed by atoms with van der Waals surface area (Å²) in [7, 11) is 0. The minimum absolute atomic E-state index is 0.0923. The number of carbonyl (C=O) groups is 3. The molecule has 0 bridgehead atoms. The van der Waals surface area contributed by atoms with Gasteiger partial charge in [-0.15, -0.1) is 0 Å². The number of imide groups is 1. The fraction of sp³-hybridized carbons (Fsp3) is 0.357. The van der Waals surface area contributed by atoms with Crippen molar-refractivity contribution < 1.29 is 24.2 Å². The van der Waals surface area contributed by atoms with Gasteiger partial charge < -0.3 is 20.1 Å². The van der Waals surface area contributed by atoms with E-state index in [1.54, 1.807) is 11.0 Å². The summed E-state index contributed by atoms with van der Waals surface area (Å²) in [5.41, 5.74) is 0.781. The number of aromatic hydroxyl groups is 1. The summed E-state index contributed by atoms with van der Waals surface area (Å²) >= 11 is 0. The molecular formula is C14H15N3O5. The minimum atomic E-state index is -0.830. The highest BCUT2D eigenvalue weighted by atomic mass is 16.5. The third-order valence-corrected chi connectivity index (χ3v) is 3.62. The highest BCUT2D eigenvalue weighted by molar-refractivity contribution is 6.05. The number of carbonyl (C=O) groups excluding carboxylic acids is 3. The Morgan fingerprint density at radius 1 is 1.41 bits per heavy atom. The molecule has 8 heteroatoms. The summed E-state index contributed by atoms with van der Waals surface area (Å²) in [4.78, 5) is 36.4. The molecular weight excluding hydrogens is 290 g/mol. The number of urea groups is 1. The number of benzene rings is 1. The number of phenolic OH excluding ortho intramolecular Hbond substituents is 1. The molecule has 22 heavy (non-hydrogen) atoms. The lowest BCUT2D eigenvalue weighted by atomic mass is 10.1. The predicted octanol–water partition coefficient (Wildman–Crippen LogP) is -0.289. The van der Waals surface area contributed by atoms with Crippen molar-refractivity contribution in [1.29, 1.82) is 0 Å². The minimum Gasteiger partial charge on any atom is -0.508 e. The molecule has 0 saturated carbocycles. The molecule has 1 aromatic rings. The monoisotopic (exact) mass is 305 g/mol. The number of fused-ring (bicyclic) bond motifs is 1. The van der Waals surface area contributed by atoms with E-state index in [0.717, 1.165) is 5.56 Å². The Morgan fingerprint density at radius 2 is 2.23 bits per heavy atom. The van der Waals surface area contributed by atoms with Crippen LogP contribution in [0.3, 0.4) is 0 Å². The fourth-order valence-electron chi connectivity index (χ4n) is 2.48. The topological polar surface area (TPSA) is 108 Å². The maximum absolute atomic E-state index is 12.3. The van der Waals surface area contributed by atoms with Gasteiger partial charge in [0.1, 0.15) is 24.1 Å². The van der Waals surface area contributed by atoms with Crippen LogP contribution in [0.1, 0.15) is 12.0 Å². The first kappa shape index (κ1) is 14.2. The first-order chi connectivity index (χ1) is 10.5. The second-order valence-electron chi connectivity index (χ2n) is 5.18. The molecule has 4 amide bonds. The van der Waals surface area contributed by atoms with Crippen LogP contribution in [-0.2, 0) is 16.1 Å². The van der Waals surface area contributed by atoms with Crippen molar-refractivity contribution >= 4 is 17.8 Å². The van der Waals surface area contributed by atoms with Gasteiger partial charge in [0.2, 0.25) is 5.91 Å². The number of nitrogens with one attached hydrogen (secondary N) is 2. The fourth-order valence-corrected chi connectivity index (χ4v) is 2.48. The highest BCUT2D eigenvalue weighted by Gasteiger charge is 2.33. The van der Waals surface area contributed by atoms with Gasteiger partial charge in [0.05, 0.1) is 13.0 Å².